The maximum absolute atomic E-state index is 13.0. The Kier molecular flexibility index (Phi) is 36.2. The summed E-state index contributed by atoms with van der Waals surface area (Å²) < 4.78 is 33.6. The van der Waals surface area contributed by atoms with Crippen molar-refractivity contribution in [1.82, 2.24) is 0 Å². The predicted molar refractivity (Wildman–Crippen MR) is 257 cm³/mol. The van der Waals surface area contributed by atoms with Crippen molar-refractivity contribution in [3.8, 4) is 0 Å². The number of hydrogen-bond acceptors (Lipinski definition) is 15. The van der Waals surface area contributed by atoms with Crippen molar-refractivity contribution in [2.75, 3.05) is 26.4 Å². The number of esters is 2. The van der Waals surface area contributed by atoms with Gasteiger partial charge in [-0.05, 0) is 44.9 Å². The van der Waals surface area contributed by atoms with Crippen LogP contribution in [0, 0.1) is 0 Å². The molecule has 0 aromatic rings. The van der Waals surface area contributed by atoms with Gasteiger partial charge in [0.2, 0.25) is 0 Å². The minimum absolute atomic E-state index is 0.163. The molecule has 2 fully saturated rings. The maximum atomic E-state index is 13.0. The summed E-state index contributed by atoms with van der Waals surface area (Å²) in [5, 5.41) is 72.1. The van der Waals surface area contributed by atoms with E-state index in [1.54, 1.807) is 0 Å². The smallest absolute Gasteiger partial charge is 0.306 e. The molecule has 392 valence electrons. The molecule has 0 aromatic heterocycles. The summed E-state index contributed by atoms with van der Waals surface area (Å²) in [7, 11) is 0. The number of unbranched alkanes of at least 4 members (excludes halogenated alkanes) is 23. The topological polar surface area (TPSA) is 231 Å². The van der Waals surface area contributed by atoms with E-state index in [1.165, 1.54) is 103 Å². The summed E-state index contributed by atoms with van der Waals surface area (Å²) in [6.45, 7) is 2.57. The van der Waals surface area contributed by atoms with E-state index in [0.717, 1.165) is 57.8 Å². The number of allylic oxidation sites excluding steroid dienone is 4. The van der Waals surface area contributed by atoms with E-state index in [4.69, 9.17) is 28.4 Å². The largest absolute Gasteiger partial charge is 0.462 e. The second-order valence-electron chi connectivity index (χ2n) is 18.7. The lowest BCUT2D eigenvalue weighted by molar-refractivity contribution is -0.332. The van der Waals surface area contributed by atoms with Crippen molar-refractivity contribution in [3.63, 3.8) is 0 Å². The van der Waals surface area contributed by atoms with Gasteiger partial charge < -0.3 is 64.2 Å². The third-order valence-corrected chi connectivity index (χ3v) is 12.7. The molecule has 0 aromatic carbocycles. The fourth-order valence-corrected chi connectivity index (χ4v) is 8.31. The van der Waals surface area contributed by atoms with Crippen LogP contribution in [0.25, 0.3) is 0 Å². The zero-order valence-electron chi connectivity index (χ0n) is 41.4. The number of carbonyl (C=O) groups is 2. The molecule has 2 heterocycles. The summed E-state index contributed by atoms with van der Waals surface area (Å²) in [6.07, 6.45) is 23.4. The second kappa shape index (κ2) is 39.7. The van der Waals surface area contributed by atoms with Crippen LogP contribution >= 0.6 is 0 Å². The first-order chi connectivity index (χ1) is 32.5. The highest BCUT2D eigenvalue weighted by molar-refractivity contribution is 5.70. The van der Waals surface area contributed by atoms with Crippen molar-refractivity contribution in [3.05, 3.63) is 24.3 Å². The SMILES string of the molecule is CCCCC/C=C\C/C=C\CCCCCCCCCCCC(=O)OC(COC(=O)CCCCCCCCCCCCCC)COC1OC(COC2OC(CO)C(O)C(O)C2O)C(O)C(O)C1O. The highest BCUT2D eigenvalue weighted by Gasteiger charge is 2.47. The van der Waals surface area contributed by atoms with E-state index >= 15 is 0 Å². The Morgan fingerprint density at radius 1 is 0.478 bits per heavy atom. The first-order valence-electron chi connectivity index (χ1n) is 26.4. The van der Waals surface area contributed by atoms with E-state index in [9.17, 15) is 45.3 Å². The standard InChI is InChI=1S/C52H94O15/c1-3-5-7-9-11-13-15-17-18-19-20-21-22-23-25-27-29-31-33-35-44(55)65-40(37-62-43(54)34-32-30-28-26-24-16-14-12-10-8-6-4-2)38-63-51-50(61)48(59)46(57)42(67-51)39-64-52-49(60)47(58)45(56)41(36-53)66-52/h11,13,17-18,40-42,45-53,56-61H,3-10,12,14-16,19-39H2,1-2H3/b13-11-,18-17-. The number of rotatable bonds is 41. The van der Waals surface area contributed by atoms with Crippen molar-refractivity contribution < 1.29 is 73.8 Å². The first kappa shape index (κ1) is 61.1. The van der Waals surface area contributed by atoms with Crippen LogP contribution in [-0.4, -0.2) is 142 Å². The third-order valence-electron chi connectivity index (χ3n) is 12.7. The molecule has 2 aliphatic rings. The number of hydrogen-bond donors (Lipinski definition) is 7. The number of ether oxygens (including phenoxy) is 6. The van der Waals surface area contributed by atoms with Gasteiger partial charge in [0, 0.05) is 12.8 Å². The molecule has 15 nitrogen and oxygen atoms in total. The lowest BCUT2D eigenvalue weighted by atomic mass is 9.98. The Balaban J connectivity index is 1.79. The molecule has 11 unspecified atom stereocenters. The van der Waals surface area contributed by atoms with Crippen LogP contribution in [0.15, 0.2) is 24.3 Å². The number of carbonyl (C=O) groups excluding carboxylic acids is 2. The van der Waals surface area contributed by atoms with E-state index in [1.807, 2.05) is 0 Å². The minimum Gasteiger partial charge on any atom is -0.462 e. The van der Waals surface area contributed by atoms with Crippen molar-refractivity contribution in [1.29, 1.82) is 0 Å². The second-order valence-corrected chi connectivity index (χ2v) is 18.7. The van der Waals surface area contributed by atoms with Gasteiger partial charge in [0.25, 0.3) is 0 Å². The quantitative estimate of drug-likeness (QED) is 0.0178. The highest BCUT2D eigenvalue weighted by atomic mass is 16.7. The number of aliphatic hydroxyl groups excluding tert-OH is 7. The molecular weight excluding hydrogens is 865 g/mol. The molecule has 2 aliphatic heterocycles. The van der Waals surface area contributed by atoms with Crippen LogP contribution in [-0.2, 0) is 38.0 Å². The Morgan fingerprint density at radius 3 is 1.42 bits per heavy atom. The maximum Gasteiger partial charge on any atom is 0.306 e. The van der Waals surface area contributed by atoms with Crippen LogP contribution in [0.4, 0.5) is 0 Å². The lowest BCUT2D eigenvalue weighted by Crippen LogP contribution is -2.61. The Morgan fingerprint density at radius 2 is 0.896 bits per heavy atom. The van der Waals surface area contributed by atoms with E-state index < -0.39 is 92.7 Å². The van der Waals surface area contributed by atoms with Gasteiger partial charge in [-0.1, -0.05) is 167 Å². The van der Waals surface area contributed by atoms with Crippen LogP contribution in [0.3, 0.4) is 0 Å². The average molecular weight is 959 g/mol. The van der Waals surface area contributed by atoms with Crippen LogP contribution in [0.5, 0.6) is 0 Å². The summed E-state index contributed by atoms with van der Waals surface area (Å²) in [5.41, 5.74) is 0. The van der Waals surface area contributed by atoms with Crippen molar-refractivity contribution in [2.45, 2.75) is 268 Å². The lowest BCUT2D eigenvalue weighted by Gasteiger charge is -2.42. The predicted octanol–water partition coefficient (Wildman–Crippen LogP) is 7.55. The summed E-state index contributed by atoms with van der Waals surface area (Å²) in [4.78, 5) is 25.8. The molecule has 15 heteroatoms. The fraction of sp³-hybridized carbons (Fsp3) is 0.885. The molecule has 0 saturated carbocycles. The van der Waals surface area contributed by atoms with Gasteiger partial charge in [-0.25, -0.2) is 0 Å². The zero-order valence-corrected chi connectivity index (χ0v) is 41.4. The van der Waals surface area contributed by atoms with Gasteiger partial charge >= 0.3 is 11.9 Å². The monoisotopic (exact) mass is 959 g/mol. The highest BCUT2D eigenvalue weighted by Crippen LogP contribution is 2.26. The average Bonchev–Trinajstić information content (AvgIpc) is 3.32. The fourth-order valence-electron chi connectivity index (χ4n) is 8.31. The summed E-state index contributed by atoms with van der Waals surface area (Å²) in [6, 6.07) is 0. The first-order valence-corrected chi connectivity index (χ1v) is 26.4. The van der Waals surface area contributed by atoms with E-state index in [0.29, 0.717) is 12.8 Å². The van der Waals surface area contributed by atoms with Crippen LogP contribution in [0.1, 0.15) is 200 Å². The number of aliphatic hydroxyl groups is 7. The third kappa shape index (κ3) is 27.8. The molecule has 0 radical (unpaired) electrons. The Labute approximate surface area is 403 Å². The molecule has 67 heavy (non-hydrogen) atoms. The van der Waals surface area contributed by atoms with E-state index in [-0.39, 0.29) is 26.1 Å². The summed E-state index contributed by atoms with van der Waals surface area (Å²) >= 11 is 0. The van der Waals surface area contributed by atoms with Gasteiger partial charge in [0.1, 0.15) is 55.4 Å². The molecule has 0 aliphatic carbocycles. The van der Waals surface area contributed by atoms with Crippen LogP contribution < -0.4 is 0 Å². The molecule has 2 rings (SSSR count). The van der Waals surface area contributed by atoms with Gasteiger partial charge in [-0.2, -0.15) is 0 Å². The summed E-state index contributed by atoms with van der Waals surface area (Å²) in [5.74, 6) is -0.923. The van der Waals surface area contributed by atoms with Gasteiger partial charge in [0.05, 0.1) is 19.8 Å². The molecule has 7 N–H and O–H groups in total. The van der Waals surface area contributed by atoms with Crippen molar-refractivity contribution in [2.24, 2.45) is 0 Å². The molecule has 2 saturated heterocycles. The Hall–Kier alpha value is -2.02. The molecular formula is C52H94O15. The van der Waals surface area contributed by atoms with Crippen molar-refractivity contribution >= 4 is 11.9 Å². The van der Waals surface area contributed by atoms with Gasteiger partial charge in [-0.3, -0.25) is 9.59 Å². The van der Waals surface area contributed by atoms with Gasteiger partial charge in [-0.15, -0.1) is 0 Å². The normalized spacial score (nSPS) is 26.1. The van der Waals surface area contributed by atoms with E-state index in [2.05, 4.69) is 38.2 Å². The van der Waals surface area contributed by atoms with Gasteiger partial charge in [0.15, 0.2) is 18.7 Å². The molecule has 11 atom stereocenters. The Bertz CT molecular complexity index is 1270. The molecule has 0 spiro atoms. The molecule has 0 bridgehead atoms. The van der Waals surface area contributed by atoms with Crippen LogP contribution in [0.2, 0.25) is 0 Å². The molecule has 0 amide bonds. The minimum atomic E-state index is -1.76. The zero-order chi connectivity index (χ0) is 48.9.